The van der Waals surface area contributed by atoms with E-state index in [4.69, 9.17) is 4.42 Å². The van der Waals surface area contributed by atoms with E-state index >= 15 is 0 Å². The molecule has 0 unspecified atom stereocenters. The summed E-state index contributed by atoms with van der Waals surface area (Å²) in [6.07, 6.45) is 1.73. The molecular weight excluding hydrogens is 138 g/mol. The molecule has 1 aromatic rings. The zero-order chi connectivity index (χ0) is 8.10. The Balaban J connectivity index is 2.41. The molecule has 0 saturated carbocycles. The van der Waals surface area contributed by atoms with E-state index in [-0.39, 0.29) is 0 Å². The van der Waals surface area contributed by atoms with Crippen LogP contribution in [-0.2, 0) is 6.54 Å². The van der Waals surface area contributed by atoms with Crippen LogP contribution in [0, 0.1) is 0 Å². The lowest BCUT2D eigenvalue weighted by atomic mass is 10.4. The summed E-state index contributed by atoms with van der Waals surface area (Å²) in [6, 6.07) is 3.98. The van der Waals surface area contributed by atoms with Crippen LogP contribution in [0.5, 0.6) is 0 Å². The van der Waals surface area contributed by atoms with Crippen LogP contribution in [0.3, 0.4) is 0 Å². The van der Waals surface area contributed by atoms with E-state index in [0.29, 0.717) is 0 Å². The van der Waals surface area contributed by atoms with Crippen molar-refractivity contribution in [1.29, 1.82) is 0 Å². The Kier molecular flexibility index (Phi) is 3.17. The number of nitrogens with one attached hydrogen (secondary N) is 1. The zero-order valence-corrected chi connectivity index (χ0v) is 7.26. The molecule has 0 amide bonds. The van der Waals surface area contributed by atoms with E-state index in [0.717, 1.165) is 25.4 Å². The summed E-state index contributed by atoms with van der Waals surface area (Å²) < 4.78 is 5.25. The van der Waals surface area contributed by atoms with Gasteiger partial charge in [-0.1, -0.05) is 0 Å². The number of hydrogen-bond acceptors (Lipinski definition) is 1. The Hall–Kier alpha value is -0.760. The molecule has 2 heteroatoms. The topological polar surface area (TPSA) is 17.6 Å². The second-order valence-electron chi connectivity index (χ2n) is 2.71. The standard InChI is InChI=1S/C9H15NO/c1-3-10(4-2)8-9-6-5-7-11-9/h5-7H,3-4,8H2,1-2H3/p+1. The first-order valence-electron chi connectivity index (χ1n) is 4.22. The fraction of sp³-hybridized carbons (Fsp3) is 0.556. The maximum absolute atomic E-state index is 5.25. The number of hydrogen-bond donors (Lipinski definition) is 1. The molecule has 0 bridgehead atoms. The molecule has 0 radical (unpaired) electrons. The summed E-state index contributed by atoms with van der Waals surface area (Å²) in [5, 5.41) is 0. The van der Waals surface area contributed by atoms with Crippen LogP contribution >= 0.6 is 0 Å². The maximum atomic E-state index is 5.25. The minimum absolute atomic E-state index is 1.01. The minimum atomic E-state index is 1.01. The minimum Gasteiger partial charge on any atom is -0.463 e. The molecule has 11 heavy (non-hydrogen) atoms. The monoisotopic (exact) mass is 154 g/mol. The maximum Gasteiger partial charge on any atom is 0.157 e. The lowest BCUT2D eigenvalue weighted by Crippen LogP contribution is -3.10. The fourth-order valence-electron chi connectivity index (χ4n) is 1.16. The highest BCUT2D eigenvalue weighted by molar-refractivity contribution is 4.95. The Morgan fingerprint density at radius 1 is 1.36 bits per heavy atom. The Morgan fingerprint density at radius 2 is 2.09 bits per heavy atom. The van der Waals surface area contributed by atoms with Gasteiger partial charge in [0.1, 0.15) is 6.54 Å². The van der Waals surface area contributed by atoms with Gasteiger partial charge in [0.2, 0.25) is 0 Å². The normalized spacial score (nSPS) is 10.8. The molecule has 1 rings (SSSR count). The van der Waals surface area contributed by atoms with E-state index in [1.54, 1.807) is 11.2 Å². The van der Waals surface area contributed by atoms with Crippen LogP contribution < -0.4 is 4.90 Å². The van der Waals surface area contributed by atoms with E-state index in [1.807, 2.05) is 12.1 Å². The van der Waals surface area contributed by atoms with Gasteiger partial charge in [0.05, 0.1) is 19.4 Å². The van der Waals surface area contributed by atoms with Crippen molar-refractivity contribution in [3.05, 3.63) is 24.2 Å². The molecular formula is C9H16NO+. The Labute approximate surface area is 67.8 Å². The van der Waals surface area contributed by atoms with Crippen molar-refractivity contribution < 1.29 is 9.32 Å². The van der Waals surface area contributed by atoms with Crippen LogP contribution in [0.2, 0.25) is 0 Å². The summed E-state index contributed by atoms with van der Waals surface area (Å²) >= 11 is 0. The molecule has 0 spiro atoms. The fourth-order valence-corrected chi connectivity index (χ4v) is 1.16. The third-order valence-electron chi connectivity index (χ3n) is 2.00. The third-order valence-corrected chi connectivity index (χ3v) is 2.00. The lowest BCUT2D eigenvalue weighted by Gasteiger charge is -2.12. The largest absolute Gasteiger partial charge is 0.463 e. The van der Waals surface area contributed by atoms with Crippen LogP contribution in [0.4, 0.5) is 0 Å². The first-order valence-corrected chi connectivity index (χ1v) is 4.22. The SMILES string of the molecule is CC[NH+](CC)Cc1ccco1. The summed E-state index contributed by atoms with van der Waals surface area (Å²) in [4.78, 5) is 1.56. The molecule has 0 aromatic carbocycles. The van der Waals surface area contributed by atoms with Gasteiger partial charge in [-0.25, -0.2) is 0 Å². The molecule has 0 aliphatic heterocycles. The van der Waals surface area contributed by atoms with Crippen molar-refractivity contribution in [2.45, 2.75) is 20.4 Å². The molecule has 62 valence electrons. The first kappa shape index (κ1) is 8.34. The average molecular weight is 154 g/mol. The third kappa shape index (κ3) is 2.39. The van der Waals surface area contributed by atoms with E-state index in [9.17, 15) is 0 Å². The van der Waals surface area contributed by atoms with Crippen molar-refractivity contribution in [2.24, 2.45) is 0 Å². The Bertz CT molecular complexity index is 177. The van der Waals surface area contributed by atoms with Crippen molar-refractivity contribution in [3.63, 3.8) is 0 Å². The number of rotatable bonds is 4. The molecule has 1 heterocycles. The van der Waals surface area contributed by atoms with Crippen molar-refractivity contribution in [3.8, 4) is 0 Å². The molecule has 1 aromatic heterocycles. The van der Waals surface area contributed by atoms with Gasteiger partial charge < -0.3 is 9.32 Å². The molecule has 0 atom stereocenters. The molecule has 0 aliphatic rings. The zero-order valence-electron chi connectivity index (χ0n) is 7.26. The second-order valence-corrected chi connectivity index (χ2v) is 2.71. The van der Waals surface area contributed by atoms with E-state index < -0.39 is 0 Å². The van der Waals surface area contributed by atoms with Crippen LogP contribution in [0.25, 0.3) is 0 Å². The van der Waals surface area contributed by atoms with Crippen LogP contribution in [0.1, 0.15) is 19.6 Å². The predicted octanol–water partition coefficient (Wildman–Crippen LogP) is 0.704. The summed E-state index contributed by atoms with van der Waals surface area (Å²) in [7, 11) is 0. The smallest absolute Gasteiger partial charge is 0.157 e. The summed E-state index contributed by atoms with van der Waals surface area (Å²) in [6.45, 7) is 7.73. The van der Waals surface area contributed by atoms with Crippen LogP contribution in [-0.4, -0.2) is 13.1 Å². The lowest BCUT2D eigenvalue weighted by molar-refractivity contribution is -0.911. The molecule has 0 aliphatic carbocycles. The molecule has 1 N–H and O–H groups in total. The van der Waals surface area contributed by atoms with Gasteiger partial charge in [-0.15, -0.1) is 0 Å². The molecule has 2 nitrogen and oxygen atoms in total. The predicted molar refractivity (Wildman–Crippen MR) is 44.5 cm³/mol. The highest BCUT2D eigenvalue weighted by atomic mass is 16.3. The summed E-state index contributed by atoms with van der Waals surface area (Å²) in [5.74, 6) is 1.09. The van der Waals surface area contributed by atoms with Gasteiger partial charge in [0.15, 0.2) is 5.76 Å². The van der Waals surface area contributed by atoms with Gasteiger partial charge in [0.25, 0.3) is 0 Å². The molecule has 0 saturated heterocycles. The first-order chi connectivity index (χ1) is 5.36. The van der Waals surface area contributed by atoms with Gasteiger partial charge in [-0.3, -0.25) is 0 Å². The van der Waals surface area contributed by atoms with E-state index in [1.165, 1.54) is 0 Å². The number of furan rings is 1. The van der Waals surface area contributed by atoms with Gasteiger partial charge in [-0.05, 0) is 26.0 Å². The van der Waals surface area contributed by atoms with Gasteiger partial charge >= 0.3 is 0 Å². The average Bonchev–Trinajstić information content (AvgIpc) is 2.52. The highest BCUT2D eigenvalue weighted by Gasteiger charge is 2.04. The number of quaternary nitrogens is 1. The quantitative estimate of drug-likeness (QED) is 0.676. The summed E-state index contributed by atoms with van der Waals surface area (Å²) in [5.41, 5.74) is 0. The second kappa shape index (κ2) is 4.19. The Morgan fingerprint density at radius 3 is 2.55 bits per heavy atom. The van der Waals surface area contributed by atoms with Crippen molar-refractivity contribution in [2.75, 3.05) is 13.1 Å². The van der Waals surface area contributed by atoms with Crippen molar-refractivity contribution in [1.82, 2.24) is 0 Å². The van der Waals surface area contributed by atoms with Gasteiger partial charge in [0, 0.05) is 0 Å². The highest BCUT2D eigenvalue weighted by Crippen LogP contribution is 1.96. The van der Waals surface area contributed by atoms with E-state index in [2.05, 4.69) is 13.8 Å². The van der Waals surface area contributed by atoms with Crippen molar-refractivity contribution >= 4 is 0 Å². The van der Waals surface area contributed by atoms with Gasteiger partial charge in [-0.2, -0.15) is 0 Å². The molecule has 0 fully saturated rings. The van der Waals surface area contributed by atoms with Crippen LogP contribution in [0.15, 0.2) is 22.8 Å².